The van der Waals surface area contributed by atoms with Gasteiger partial charge in [0.2, 0.25) is 0 Å². The van der Waals surface area contributed by atoms with Crippen LogP contribution in [0.1, 0.15) is 32.2 Å². The monoisotopic (exact) mass is 293 g/mol. The SMILES string of the molecule is CCN(Cc1cccc(C)n1)C(=O)N(CC(=O)O)C(C)C. The number of carboxylic acids is 1. The summed E-state index contributed by atoms with van der Waals surface area (Å²) >= 11 is 0. The number of carbonyl (C=O) groups is 2. The Morgan fingerprint density at radius 2 is 2.00 bits per heavy atom. The summed E-state index contributed by atoms with van der Waals surface area (Å²) in [6.07, 6.45) is 0. The van der Waals surface area contributed by atoms with E-state index in [1.165, 1.54) is 4.90 Å². The summed E-state index contributed by atoms with van der Waals surface area (Å²) in [7, 11) is 0. The van der Waals surface area contributed by atoms with Gasteiger partial charge in [-0.1, -0.05) is 6.07 Å². The van der Waals surface area contributed by atoms with Crippen LogP contribution >= 0.6 is 0 Å². The van der Waals surface area contributed by atoms with E-state index in [1.807, 2.05) is 32.0 Å². The van der Waals surface area contributed by atoms with Crippen LogP contribution in [0.3, 0.4) is 0 Å². The molecule has 0 bridgehead atoms. The van der Waals surface area contributed by atoms with E-state index in [2.05, 4.69) is 4.98 Å². The molecule has 0 saturated heterocycles. The molecular weight excluding hydrogens is 270 g/mol. The van der Waals surface area contributed by atoms with E-state index in [4.69, 9.17) is 5.11 Å². The van der Waals surface area contributed by atoms with Gasteiger partial charge in [-0.25, -0.2) is 4.79 Å². The Kier molecular flexibility index (Phi) is 6.14. The number of pyridine rings is 1. The van der Waals surface area contributed by atoms with E-state index in [-0.39, 0.29) is 18.6 Å². The van der Waals surface area contributed by atoms with Crippen molar-refractivity contribution in [1.29, 1.82) is 0 Å². The van der Waals surface area contributed by atoms with Gasteiger partial charge >= 0.3 is 12.0 Å². The molecule has 1 rings (SSSR count). The molecule has 0 spiro atoms. The molecule has 0 saturated carbocycles. The highest BCUT2D eigenvalue weighted by molar-refractivity contribution is 5.80. The summed E-state index contributed by atoms with van der Waals surface area (Å²) in [5, 5.41) is 8.94. The molecule has 1 heterocycles. The van der Waals surface area contributed by atoms with Crippen LogP contribution in [-0.4, -0.2) is 51.0 Å². The molecule has 6 heteroatoms. The molecule has 116 valence electrons. The average molecular weight is 293 g/mol. The van der Waals surface area contributed by atoms with Crippen molar-refractivity contribution in [2.45, 2.75) is 40.3 Å². The van der Waals surface area contributed by atoms with E-state index in [9.17, 15) is 9.59 Å². The quantitative estimate of drug-likeness (QED) is 0.872. The highest BCUT2D eigenvalue weighted by Gasteiger charge is 2.24. The lowest BCUT2D eigenvalue weighted by atomic mass is 10.3. The molecule has 0 aliphatic carbocycles. The van der Waals surface area contributed by atoms with Gasteiger partial charge in [-0.3, -0.25) is 9.78 Å². The van der Waals surface area contributed by atoms with Gasteiger partial charge in [0, 0.05) is 18.3 Å². The molecule has 0 fully saturated rings. The van der Waals surface area contributed by atoms with Gasteiger partial charge in [0.1, 0.15) is 6.54 Å². The average Bonchev–Trinajstić information content (AvgIpc) is 2.41. The van der Waals surface area contributed by atoms with Crippen molar-refractivity contribution in [3.8, 4) is 0 Å². The van der Waals surface area contributed by atoms with Crippen molar-refractivity contribution >= 4 is 12.0 Å². The molecule has 1 N–H and O–H groups in total. The summed E-state index contributed by atoms with van der Waals surface area (Å²) < 4.78 is 0. The number of hydrogen-bond acceptors (Lipinski definition) is 3. The standard InChI is InChI=1S/C15H23N3O3/c1-5-17(9-13-8-6-7-12(4)16-13)15(21)18(11(2)3)10-14(19)20/h6-8,11H,5,9-10H2,1-4H3,(H,19,20). The minimum Gasteiger partial charge on any atom is -0.480 e. The summed E-state index contributed by atoms with van der Waals surface area (Å²) in [6, 6.07) is 5.20. The summed E-state index contributed by atoms with van der Waals surface area (Å²) in [5.74, 6) is -1.01. The molecule has 0 unspecified atom stereocenters. The van der Waals surface area contributed by atoms with E-state index in [0.29, 0.717) is 13.1 Å². The fourth-order valence-electron chi connectivity index (χ4n) is 2.00. The minimum absolute atomic E-state index is 0.173. The van der Waals surface area contributed by atoms with Crippen molar-refractivity contribution in [1.82, 2.24) is 14.8 Å². The number of aryl methyl sites for hydroxylation is 1. The molecule has 0 aliphatic heterocycles. The number of aliphatic carboxylic acids is 1. The number of hydrogen-bond donors (Lipinski definition) is 1. The maximum Gasteiger partial charge on any atom is 0.323 e. The zero-order chi connectivity index (χ0) is 16.0. The Labute approximate surface area is 125 Å². The lowest BCUT2D eigenvalue weighted by Gasteiger charge is -2.31. The number of amides is 2. The second-order valence-electron chi connectivity index (χ2n) is 5.18. The van der Waals surface area contributed by atoms with Crippen molar-refractivity contribution in [3.63, 3.8) is 0 Å². The van der Waals surface area contributed by atoms with Gasteiger partial charge in [-0.2, -0.15) is 0 Å². The van der Waals surface area contributed by atoms with E-state index >= 15 is 0 Å². The van der Waals surface area contributed by atoms with Crippen LogP contribution < -0.4 is 0 Å². The Hall–Kier alpha value is -2.11. The normalized spacial score (nSPS) is 10.5. The molecule has 6 nitrogen and oxygen atoms in total. The zero-order valence-electron chi connectivity index (χ0n) is 13.0. The van der Waals surface area contributed by atoms with Gasteiger partial charge in [0.15, 0.2) is 0 Å². The third kappa shape index (κ3) is 5.06. The fourth-order valence-corrected chi connectivity index (χ4v) is 2.00. The van der Waals surface area contributed by atoms with Gasteiger partial charge in [-0.15, -0.1) is 0 Å². The van der Waals surface area contributed by atoms with Crippen LogP contribution in [0, 0.1) is 6.92 Å². The van der Waals surface area contributed by atoms with Crippen LogP contribution in [0.25, 0.3) is 0 Å². The Morgan fingerprint density at radius 1 is 1.33 bits per heavy atom. The van der Waals surface area contributed by atoms with Gasteiger partial charge in [0.25, 0.3) is 0 Å². The largest absolute Gasteiger partial charge is 0.480 e. The molecular formula is C15H23N3O3. The summed E-state index contributed by atoms with van der Waals surface area (Å²) in [5.41, 5.74) is 1.69. The van der Waals surface area contributed by atoms with Gasteiger partial charge in [0.05, 0.1) is 12.2 Å². The Balaban J connectivity index is 2.86. The van der Waals surface area contributed by atoms with Crippen molar-refractivity contribution in [3.05, 3.63) is 29.6 Å². The van der Waals surface area contributed by atoms with Gasteiger partial charge in [-0.05, 0) is 39.8 Å². The molecule has 0 aliphatic rings. The van der Waals surface area contributed by atoms with Crippen LogP contribution in [0.5, 0.6) is 0 Å². The summed E-state index contributed by atoms with van der Waals surface area (Å²) in [4.78, 5) is 30.7. The predicted molar refractivity (Wildman–Crippen MR) is 79.9 cm³/mol. The first-order valence-electron chi connectivity index (χ1n) is 7.05. The topological polar surface area (TPSA) is 73.7 Å². The lowest BCUT2D eigenvalue weighted by molar-refractivity contribution is -0.138. The van der Waals surface area contributed by atoms with Crippen LogP contribution in [0.15, 0.2) is 18.2 Å². The minimum atomic E-state index is -1.01. The first-order valence-corrected chi connectivity index (χ1v) is 7.05. The number of nitrogens with zero attached hydrogens (tertiary/aromatic N) is 3. The van der Waals surface area contributed by atoms with Crippen molar-refractivity contribution in [2.75, 3.05) is 13.1 Å². The molecule has 1 aromatic rings. The van der Waals surface area contributed by atoms with Gasteiger partial charge < -0.3 is 14.9 Å². The summed E-state index contributed by atoms with van der Waals surface area (Å²) in [6.45, 7) is 7.95. The number of aromatic nitrogens is 1. The number of carboxylic acid groups (broad SMARTS) is 1. The molecule has 0 atom stereocenters. The van der Waals surface area contributed by atoms with Crippen molar-refractivity contribution < 1.29 is 14.7 Å². The number of rotatable bonds is 6. The van der Waals surface area contributed by atoms with E-state index in [1.54, 1.807) is 18.7 Å². The number of urea groups is 1. The molecule has 2 amide bonds. The van der Waals surface area contributed by atoms with E-state index < -0.39 is 5.97 Å². The highest BCUT2D eigenvalue weighted by Crippen LogP contribution is 2.09. The zero-order valence-corrected chi connectivity index (χ0v) is 13.0. The Morgan fingerprint density at radius 3 is 2.48 bits per heavy atom. The van der Waals surface area contributed by atoms with Crippen molar-refractivity contribution in [2.24, 2.45) is 0 Å². The molecule has 21 heavy (non-hydrogen) atoms. The highest BCUT2D eigenvalue weighted by atomic mass is 16.4. The Bertz CT molecular complexity index is 503. The molecule has 1 aromatic heterocycles. The third-order valence-corrected chi connectivity index (χ3v) is 3.13. The second-order valence-corrected chi connectivity index (χ2v) is 5.18. The lowest BCUT2D eigenvalue weighted by Crippen LogP contribution is -2.48. The first kappa shape index (κ1) is 16.9. The third-order valence-electron chi connectivity index (χ3n) is 3.13. The fraction of sp³-hybridized carbons (Fsp3) is 0.533. The molecule has 0 radical (unpaired) electrons. The first-order chi connectivity index (χ1) is 9.85. The molecule has 0 aromatic carbocycles. The van der Waals surface area contributed by atoms with Crippen LogP contribution in [0.4, 0.5) is 4.79 Å². The smallest absolute Gasteiger partial charge is 0.323 e. The predicted octanol–water partition coefficient (Wildman–Crippen LogP) is 2.13. The van der Waals surface area contributed by atoms with Crippen LogP contribution in [0.2, 0.25) is 0 Å². The maximum atomic E-state index is 12.5. The maximum absolute atomic E-state index is 12.5. The second kappa shape index (κ2) is 7.61. The number of carbonyl (C=O) groups excluding carboxylic acids is 1. The van der Waals surface area contributed by atoms with E-state index in [0.717, 1.165) is 11.4 Å². The van der Waals surface area contributed by atoms with Crippen LogP contribution in [-0.2, 0) is 11.3 Å².